The molecule has 0 fully saturated rings. The van der Waals surface area contributed by atoms with Crippen molar-refractivity contribution in [3.63, 3.8) is 0 Å². The lowest BCUT2D eigenvalue weighted by atomic mass is 10.2. The third-order valence-corrected chi connectivity index (χ3v) is 3.32. The van der Waals surface area contributed by atoms with Gasteiger partial charge in [0.15, 0.2) is 11.5 Å². The molecule has 8 heteroatoms. The molecule has 1 aromatic carbocycles. The van der Waals surface area contributed by atoms with E-state index in [9.17, 15) is 14.7 Å². The minimum absolute atomic E-state index is 0.0206. The van der Waals surface area contributed by atoms with E-state index >= 15 is 0 Å². The van der Waals surface area contributed by atoms with Crippen LogP contribution in [0.4, 0.5) is 5.69 Å². The number of aliphatic imine (C=N–C) groups is 1. The molecule has 0 aliphatic rings. The number of H-pyrrole nitrogens is 2. The zero-order valence-electron chi connectivity index (χ0n) is 11.2. The highest BCUT2D eigenvalue weighted by molar-refractivity contribution is 9.10. The van der Waals surface area contributed by atoms with Crippen molar-refractivity contribution in [3.8, 4) is 11.5 Å². The summed E-state index contributed by atoms with van der Waals surface area (Å²) in [5.41, 5.74) is -0.0631. The SMILES string of the molecule is COc1cc(C=Nc2c(C)[nH]c(=O)[nH]c2=O)cc(Br)c1O. The molecule has 0 amide bonds. The van der Waals surface area contributed by atoms with Gasteiger partial charge in [0, 0.05) is 11.9 Å². The van der Waals surface area contributed by atoms with Gasteiger partial charge in [-0.1, -0.05) is 0 Å². The Morgan fingerprint density at radius 1 is 1.33 bits per heavy atom. The molecule has 1 heterocycles. The van der Waals surface area contributed by atoms with E-state index in [0.29, 0.717) is 15.7 Å². The second-order valence-electron chi connectivity index (χ2n) is 4.19. The molecule has 110 valence electrons. The monoisotopic (exact) mass is 353 g/mol. The van der Waals surface area contributed by atoms with Crippen molar-refractivity contribution in [2.45, 2.75) is 6.92 Å². The second-order valence-corrected chi connectivity index (χ2v) is 5.05. The van der Waals surface area contributed by atoms with E-state index in [1.54, 1.807) is 19.1 Å². The van der Waals surface area contributed by atoms with E-state index in [4.69, 9.17) is 4.74 Å². The number of benzene rings is 1. The van der Waals surface area contributed by atoms with Gasteiger partial charge in [-0.05, 0) is 40.5 Å². The molecule has 0 unspecified atom stereocenters. The summed E-state index contributed by atoms with van der Waals surface area (Å²) in [4.78, 5) is 31.4. The number of phenols is 1. The van der Waals surface area contributed by atoms with E-state index in [-0.39, 0.29) is 17.2 Å². The summed E-state index contributed by atoms with van der Waals surface area (Å²) in [6, 6.07) is 3.19. The molecule has 3 N–H and O–H groups in total. The molecule has 0 atom stereocenters. The molecule has 0 aliphatic heterocycles. The van der Waals surface area contributed by atoms with Gasteiger partial charge in [-0.2, -0.15) is 0 Å². The number of aromatic nitrogens is 2. The number of aryl methyl sites for hydroxylation is 1. The average Bonchev–Trinajstić information content (AvgIpc) is 2.41. The van der Waals surface area contributed by atoms with Crippen molar-refractivity contribution in [1.29, 1.82) is 0 Å². The van der Waals surface area contributed by atoms with Crippen LogP contribution in [0.25, 0.3) is 0 Å². The number of rotatable bonds is 3. The third-order valence-electron chi connectivity index (χ3n) is 2.71. The van der Waals surface area contributed by atoms with Gasteiger partial charge >= 0.3 is 5.69 Å². The number of hydrogen-bond donors (Lipinski definition) is 3. The van der Waals surface area contributed by atoms with Gasteiger partial charge in [-0.3, -0.25) is 9.78 Å². The molecule has 0 radical (unpaired) electrons. The van der Waals surface area contributed by atoms with Crippen LogP contribution in [0.1, 0.15) is 11.3 Å². The molecule has 0 aliphatic carbocycles. The van der Waals surface area contributed by atoms with Crippen molar-refractivity contribution in [2.24, 2.45) is 4.99 Å². The fourth-order valence-corrected chi connectivity index (χ4v) is 2.17. The lowest BCUT2D eigenvalue weighted by Crippen LogP contribution is -2.22. The molecule has 7 nitrogen and oxygen atoms in total. The second kappa shape index (κ2) is 5.96. The predicted octanol–water partition coefficient (Wildman–Crippen LogP) is 1.60. The molecular formula is C13H12BrN3O4. The van der Waals surface area contributed by atoms with Crippen LogP contribution in [0.5, 0.6) is 11.5 Å². The van der Waals surface area contributed by atoms with Gasteiger partial charge in [0.1, 0.15) is 5.69 Å². The maximum atomic E-state index is 11.7. The number of halogens is 1. The first-order valence-electron chi connectivity index (χ1n) is 5.86. The number of phenolic OH excluding ortho intramolecular Hbond substituents is 1. The first kappa shape index (κ1) is 15.0. The van der Waals surface area contributed by atoms with Crippen molar-refractivity contribution in [3.05, 3.63) is 48.7 Å². The summed E-state index contributed by atoms with van der Waals surface area (Å²) in [5.74, 6) is 0.255. The van der Waals surface area contributed by atoms with Gasteiger partial charge in [0.2, 0.25) is 0 Å². The largest absolute Gasteiger partial charge is 0.503 e. The van der Waals surface area contributed by atoms with E-state index in [1.165, 1.54) is 13.3 Å². The van der Waals surface area contributed by atoms with Crippen LogP contribution in [0, 0.1) is 6.92 Å². The number of methoxy groups -OCH3 is 1. The summed E-state index contributed by atoms with van der Waals surface area (Å²) in [7, 11) is 1.43. The molecular weight excluding hydrogens is 342 g/mol. The van der Waals surface area contributed by atoms with Gasteiger partial charge < -0.3 is 14.8 Å². The van der Waals surface area contributed by atoms with Gasteiger partial charge in [-0.15, -0.1) is 0 Å². The highest BCUT2D eigenvalue weighted by Crippen LogP contribution is 2.34. The molecule has 0 saturated heterocycles. The maximum Gasteiger partial charge on any atom is 0.326 e. The van der Waals surface area contributed by atoms with Gasteiger partial charge in [0.25, 0.3) is 5.56 Å². The van der Waals surface area contributed by atoms with Crippen molar-refractivity contribution in [2.75, 3.05) is 7.11 Å². The number of ether oxygens (including phenoxy) is 1. The van der Waals surface area contributed by atoms with Crippen LogP contribution < -0.4 is 16.0 Å². The Balaban J connectivity index is 2.45. The van der Waals surface area contributed by atoms with E-state index in [0.717, 1.165) is 0 Å². The number of nitrogens with one attached hydrogen (secondary N) is 2. The van der Waals surface area contributed by atoms with E-state index < -0.39 is 11.2 Å². The van der Waals surface area contributed by atoms with Crippen LogP contribution in [0.15, 0.2) is 31.2 Å². The highest BCUT2D eigenvalue weighted by atomic mass is 79.9. The first-order chi connectivity index (χ1) is 9.92. The Morgan fingerprint density at radius 3 is 2.67 bits per heavy atom. The van der Waals surface area contributed by atoms with Crippen LogP contribution in [-0.2, 0) is 0 Å². The van der Waals surface area contributed by atoms with Gasteiger partial charge in [-0.25, -0.2) is 9.79 Å². The van der Waals surface area contributed by atoms with E-state index in [1.807, 2.05) is 0 Å². The van der Waals surface area contributed by atoms with Gasteiger partial charge in [0.05, 0.1) is 11.6 Å². The molecule has 2 aromatic rings. The zero-order valence-corrected chi connectivity index (χ0v) is 12.8. The quantitative estimate of drug-likeness (QED) is 0.728. The smallest absolute Gasteiger partial charge is 0.326 e. The minimum atomic E-state index is -0.578. The van der Waals surface area contributed by atoms with Crippen LogP contribution >= 0.6 is 15.9 Å². The summed E-state index contributed by atoms with van der Waals surface area (Å²) in [5, 5.41) is 9.71. The third kappa shape index (κ3) is 3.22. The maximum absolute atomic E-state index is 11.7. The zero-order chi connectivity index (χ0) is 15.6. The Bertz CT molecular complexity index is 823. The summed E-state index contributed by atoms with van der Waals surface area (Å²) >= 11 is 3.20. The minimum Gasteiger partial charge on any atom is -0.503 e. The molecule has 0 bridgehead atoms. The summed E-state index contributed by atoms with van der Waals surface area (Å²) in [6.45, 7) is 1.58. The lowest BCUT2D eigenvalue weighted by Gasteiger charge is -2.06. The summed E-state index contributed by atoms with van der Waals surface area (Å²) < 4.78 is 5.46. The lowest BCUT2D eigenvalue weighted by molar-refractivity contribution is 0.372. The Labute approximate surface area is 127 Å². The predicted molar refractivity (Wildman–Crippen MR) is 82.0 cm³/mol. The molecule has 1 aromatic heterocycles. The fourth-order valence-electron chi connectivity index (χ4n) is 1.71. The average molecular weight is 354 g/mol. The summed E-state index contributed by atoms with van der Waals surface area (Å²) in [6.07, 6.45) is 1.43. The molecule has 0 saturated carbocycles. The topological polar surface area (TPSA) is 108 Å². The highest BCUT2D eigenvalue weighted by Gasteiger charge is 2.08. The van der Waals surface area contributed by atoms with Crippen molar-refractivity contribution in [1.82, 2.24) is 9.97 Å². The Hall–Kier alpha value is -2.35. The molecule has 2 rings (SSSR count). The van der Waals surface area contributed by atoms with Crippen molar-refractivity contribution < 1.29 is 9.84 Å². The number of aromatic amines is 2. The van der Waals surface area contributed by atoms with Crippen LogP contribution in [0.3, 0.4) is 0 Å². The standard InChI is InChI=1S/C13H12BrN3O4/c1-6-10(12(19)17-13(20)16-6)15-5-7-3-8(14)11(18)9(4-7)21-2/h3-5,18H,1-2H3,(H2,16,17,19,20). The fraction of sp³-hybridized carbons (Fsp3) is 0.154. The van der Waals surface area contributed by atoms with Crippen LogP contribution in [0.2, 0.25) is 0 Å². The molecule has 21 heavy (non-hydrogen) atoms. The Kier molecular flexibility index (Phi) is 4.27. The van der Waals surface area contributed by atoms with Crippen LogP contribution in [-0.4, -0.2) is 28.4 Å². The normalized spacial score (nSPS) is 11.0. The van der Waals surface area contributed by atoms with E-state index in [2.05, 4.69) is 30.9 Å². The first-order valence-corrected chi connectivity index (χ1v) is 6.65. The molecule has 0 spiro atoms. The Morgan fingerprint density at radius 2 is 2.05 bits per heavy atom. The number of hydrogen-bond acceptors (Lipinski definition) is 5. The number of nitrogens with zero attached hydrogens (tertiary/aromatic N) is 1. The number of aromatic hydroxyl groups is 1. The van der Waals surface area contributed by atoms with Crippen molar-refractivity contribution >= 4 is 27.8 Å².